The molecule has 100 valence electrons. The van der Waals surface area contributed by atoms with Crippen LogP contribution in [0.4, 0.5) is 0 Å². The third kappa shape index (κ3) is 4.41. The van der Waals surface area contributed by atoms with Gasteiger partial charge in [-0.05, 0) is 18.9 Å². The van der Waals surface area contributed by atoms with Crippen molar-refractivity contribution in [1.82, 2.24) is 20.6 Å². The van der Waals surface area contributed by atoms with Crippen LogP contribution in [0.2, 0.25) is 0 Å². The fourth-order valence-electron chi connectivity index (χ4n) is 1.64. The third-order valence-corrected chi connectivity index (χ3v) is 2.55. The molecule has 0 unspecified atom stereocenters. The molecule has 0 aromatic carbocycles. The first-order valence-corrected chi connectivity index (χ1v) is 6.45. The van der Waals surface area contributed by atoms with Crippen LogP contribution in [0.15, 0.2) is 12.5 Å². The topological polar surface area (TPSA) is 66.9 Å². The Kier molecular flexibility index (Phi) is 6.28. The van der Waals surface area contributed by atoms with Crippen molar-refractivity contribution < 1.29 is 4.79 Å². The molecule has 18 heavy (non-hydrogen) atoms. The van der Waals surface area contributed by atoms with Crippen molar-refractivity contribution in [2.45, 2.75) is 33.1 Å². The van der Waals surface area contributed by atoms with Gasteiger partial charge in [0.15, 0.2) is 0 Å². The standard InChI is InChI=1S/C13H22N4O/c1-4-5-14-6-7-16-13(18)11-8-15-9-17-12(11)10(2)3/h8-10,14H,4-7H2,1-3H3,(H,16,18). The molecule has 0 bridgehead atoms. The van der Waals surface area contributed by atoms with Crippen molar-refractivity contribution in [3.8, 4) is 0 Å². The lowest BCUT2D eigenvalue weighted by Crippen LogP contribution is -2.32. The molecular formula is C13H22N4O. The Balaban J connectivity index is 2.51. The Labute approximate surface area is 108 Å². The van der Waals surface area contributed by atoms with Crippen molar-refractivity contribution in [3.05, 3.63) is 23.8 Å². The number of carbonyl (C=O) groups excluding carboxylic acids is 1. The summed E-state index contributed by atoms with van der Waals surface area (Å²) in [6.45, 7) is 8.52. The summed E-state index contributed by atoms with van der Waals surface area (Å²) in [7, 11) is 0. The van der Waals surface area contributed by atoms with Crippen molar-refractivity contribution >= 4 is 5.91 Å². The van der Waals surface area contributed by atoms with E-state index in [1.165, 1.54) is 6.33 Å². The van der Waals surface area contributed by atoms with E-state index >= 15 is 0 Å². The number of hydrogen-bond acceptors (Lipinski definition) is 4. The first-order valence-electron chi connectivity index (χ1n) is 6.45. The molecule has 1 rings (SSSR count). The van der Waals surface area contributed by atoms with Crippen molar-refractivity contribution in [3.63, 3.8) is 0 Å². The minimum absolute atomic E-state index is 0.0994. The molecule has 0 spiro atoms. The Morgan fingerprint density at radius 2 is 2.11 bits per heavy atom. The van der Waals surface area contributed by atoms with Crippen molar-refractivity contribution in [2.75, 3.05) is 19.6 Å². The van der Waals surface area contributed by atoms with Gasteiger partial charge in [0.25, 0.3) is 5.91 Å². The molecule has 1 aromatic rings. The Morgan fingerprint density at radius 1 is 1.33 bits per heavy atom. The van der Waals surface area contributed by atoms with Crippen LogP contribution < -0.4 is 10.6 Å². The SMILES string of the molecule is CCCNCCNC(=O)c1cncnc1C(C)C. The first kappa shape index (κ1) is 14.6. The fourth-order valence-corrected chi connectivity index (χ4v) is 1.64. The maximum Gasteiger partial charge on any atom is 0.254 e. The molecule has 0 fully saturated rings. The molecule has 0 aliphatic heterocycles. The second kappa shape index (κ2) is 7.76. The molecular weight excluding hydrogens is 228 g/mol. The van der Waals surface area contributed by atoms with Gasteiger partial charge in [0.2, 0.25) is 0 Å². The summed E-state index contributed by atoms with van der Waals surface area (Å²) in [4.78, 5) is 20.1. The fraction of sp³-hybridized carbons (Fsp3) is 0.615. The van der Waals surface area contributed by atoms with Crippen LogP contribution >= 0.6 is 0 Å². The molecule has 1 amide bonds. The number of nitrogens with zero attached hydrogens (tertiary/aromatic N) is 2. The second-order valence-corrected chi connectivity index (χ2v) is 4.48. The van der Waals surface area contributed by atoms with Crippen molar-refractivity contribution in [1.29, 1.82) is 0 Å². The van der Waals surface area contributed by atoms with E-state index in [-0.39, 0.29) is 11.8 Å². The van der Waals surface area contributed by atoms with E-state index in [0.29, 0.717) is 12.1 Å². The van der Waals surface area contributed by atoms with Gasteiger partial charge in [-0.2, -0.15) is 0 Å². The summed E-state index contributed by atoms with van der Waals surface area (Å²) >= 11 is 0. The molecule has 1 heterocycles. The first-order chi connectivity index (χ1) is 8.66. The van der Waals surface area contributed by atoms with E-state index in [0.717, 1.165) is 25.2 Å². The molecule has 0 aliphatic carbocycles. The lowest BCUT2D eigenvalue weighted by molar-refractivity contribution is 0.0951. The van der Waals surface area contributed by atoms with Gasteiger partial charge in [0.05, 0.1) is 11.3 Å². The predicted octanol–water partition coefficient (Wildman–Crippen LogP) is 1.33. The maximum atomic E-state index is 12.0. The van der Waals surface area contributed by atoms with Gasteiger partial charge in [-0.15, -0.1) is 0 Å². The normalized spacial score (nSPS) is 10.7. The minimum Gasteiger partial charge on any atom is -0.351 e. The van der Waals surface area contributed by atoms with Crippen LogP contribution in [0.1, 0.15) is 49.2 Å². The van der Waals surface area contributed by atoms with Crippen molar-refractivity contribution in [2.24, 2.45) is 0 Å². The number of amides is 1. The summed E-state index contributed by atoms with van der Waals surface area (Å²) in [5.74, 6) is 0.115. The molecule has 5 heteroatoms. The average molecular weight is 250 g/mol. The van der Waals surface area contributed by atoms with E-state index in [2.05, 4.69) is 27.5 Å². The van der Waals surface area contributed by atoms with Crippen LogP contribution in [-0.2, 0) is 0 Å². The molecule has 0 aliphatic rings. The van der Waals surface area contributed by atoms with Crippen LogP contribution in [0.25, 0.3) is 0 Å². The molecule has 0 saturated carbocycles. The van der Waals surface area contributed by atoms with Gasteiger partial charge in [-0.25, -0.2) is 9.97 Å². The Hall–Kier alpha value is -1.49. The summed E-state index contributed by atoms with van der Waals surface area (Å²) in [5, 5.41) is 6.10. The zero-order chi connectivity index (χ0) is 13.4. The molecule has 0 saturated heterocycles. The number of hydrogen-bond donors (Lipinski definition) is 2. The van der Waals surface area contributed by atoms with Crippen LogP contribution in [0, 0.1) is 0 Å². The van der Waals surface area contributed by atoms with E-state index in [1.807, 2.05) is 13.8 Å². The Morgan fingerprint density at radius 3 is 2.78 bits per heavy atom. The second-order valence-electron chi connectivity index (χ2n) is 4.48. The zero-order valence-electron chi connectivity index (χ0n) is 11.4. The van der Waals surface area contributed by atoms with Gasteiger partial charge in [0.1, 0.15) is 6.33 Å². The highest BCUT2D eigenvalue weighted by Gasteiger charge is 2.14. The number of carbonyl (C=O) groups is 1. The number of nitrogens with one attached hydrogen (secondary N) is 2. The third-order valence-electron chi connectivity index (χ3n) is 2.55. The molecule has 0 radical (unpaired) electrons. The highest BCUT2D eigenvalue weighted by molar-refractivity contribution is 5.95. The van der Waals surface area contributed by atoms with E-state index in [9.17, 15) is 4.79 Å². The van der Waals surface area contributed by atoms with E-state index in [4.69, 9.17) is 0 Å². The minimum atomic E-state index is -0.0994. The molecule has 2 N–H and O–H groups in total. The average Bonchev–Trinajstić information content (AvgIpc) is 2.38. The van der Waals surface area contributed by atoms with Crippen LogP contribution in [0.5, 0.6) is 0 Å². The van der Waals surface area contributed by atoms with E-state index < -0.39 is 0 Å². The van der Waals surface area contributed by atoms with Gasteiger partial charge < -0.3 is 10.6 Å². The summed E-state index contributed by atoms with van der Waals surface area (Å²) in [6, 6.07) is 0. The molecule has 5 nitrogen and oxygen atoms in total. The van der Waals surface area contributed by atoms with Gasteiger partial charge >= 0.3 is 0 Å². The van der Waals surface area contributed by atoms with Crippen LogP contribution in [0.3, 0.4) is 0 Å². The predicted molar refractivity (Wildman–Crippen MR) is 71.6 cm³/mol. The van der Waals surface area contributed by atoms with Gasteiger partial charge in [-0.1, -0.05) is 20.8 Å². The Bertz CT molecular complexity index is 379. The number of aromatic nitrogens is 2. The highest BCUT2D eigenvalue weighted by atomic mass is 16.1. The van der Waals surface area contributed by atoms with Crippen LogP contribution in [-0.4, -0.2) is 35.5 Å². The van der Waals surface area contributed by atoms with E-state index in [1.54, 1.807) is 6.20 Å². The maximum absolute atomic E-state index is 12.0. The lowest BCUT2D eigenvalue weighted by atomic mass is 10.0. The summed E-state index contributed by atoms with van der Waals surface area (Å²) in [5.41, 5.74) is 1.37. The number of rotatable bonds is 7. The summed E-state index contributed by atoms with van der Waals surface area (Å²) in [6.07, 6.45) is 4.16. The van der Waals surface area contributed by atoms with Gasteiger partial charge in [-0.3, -0.25) is 4.79 Å². The summed E-state index contributed by atoms with van der Waals surface area (Å²) < 4.78 is 0. The molecule has 1 aromatic heterocycles. The monoisotopic (exact) mass is 250 g/mol. The smallest absolute Gasteiger partial charge is 0.254 e. The quantitative estimate of drug-likeness (QED) is 0.716. The highest BCUT2D eigenvalue weighted by Crippen LogP contribution is 2.14. The lowest BCUT2D eigenvalue weighted by Gasteiger charge is -2.11. The van der Waals surface area contributed by atoms with Gasteiger partial charge in [0, 0.05) is 19.3 Å². The largest absolute Gasteiger partial charge is 0.351 e. The zero-order valence-corrected chi connectivity index (χ0v) is 11.4. The molecule has 0 atom stereocenters.